The molecule has 7 atom stereocenters. The average Bonchev–Trinajstić information content (AvgIpc) is 2.78. The summed E-state index contributed by atoms with van der Waals surface area (Å²) in [5, 5.41) is 22.5. The van der Waals surface area contributed by atoms with Crippen molar-refractivity contribution in [2.45, 2.75) is 147 Å². The van der Waals surface area contributed by atoms with E-state index in [1.54, 1.807) is 0 Å². The maximum Gasteiger partial charge on any atom is 0.309 e. The lowest BCUT2D eigenvalue weighted by atomic mass is 9.43. The third-order valence-corrected chi connectivity index (χ3v) is 12.7. The van der Waals surface area contributed by atoms with E-state index in [-0.39, 0.29) is 29.2 Å². The molecule has 0 heterocycles. The highest BCUT2D eigenvalue weighted by Gasteiger charge is 2.65. The predicted octanol–water partition coefficient (Wildman–Crippen LogP) is 5.95. The molecule has 39 heavy (non-hydrogen) atoms. The molecule has 220 valence electrons. The molecule has 0 aliphatic heterocycles. The lowest BCUT2D eigenvalue weighted by Gasteiger charge is -2.65. The standard InChI is InChI=1S/C33H52O6/c1-6-26(7-21(4)27(34)39-33-16-24-9-25(17-33)15-32(37,14-24)19-33)28(35)38-29(5,20(2)3)30-10-22-8-23(11-30)13-31(36,12-22)18-30/h20-26,36-37H,6-19H2,1-5H3. The van der Waals surface area contributed by atoms with Crippen LogP contribution >= 0.6 is 0 Å². The Bertz CT molecular complexity index is 974. The minimum Gasteiger partial charge on any atom is -0.459 e. The van der Waals surface area contributed by atoms with Crippen LogP contribution in [-0.4, -0.2) is 44.6 Å². The van der Waals surface area contributed by atoms with Crippen molar-refractivity contribution in [1.82, 2.24) is 0 Å². The van der Waals surface area contributed by atoms with Gasteiger partial charge in [-0.05, 0) is 120 Å². The van der Waals surface area contributed by atoms with Gasteiger partial charge in [-0.25, -0.2) is 0 Å². The summed E-state index contributed by atoms with van der Waals surface area (Å²) < 4.78 is 12.8. The second-order valence-electron chi connectivity index (χ2n) is 16.2. The molecular formula is C33H52O6. The van der Waals surface area contributed by atoms with E-state index in [4.69, 9.17) is 9.47 Å². The molecule has 0 aromatic rings. The number of carbonyl (C=O) groups excluding carboxylic acids is 2. The zero-order valence-electron chi connectivity index (χ0n) is 25.0. The van der Waals surface area contributed by atoms with Gasteiger partial charge >= 0.3 is 11.9 Å². The molecule has 0 amide bonds. The number of hydrogen-bond acceptors (Lipinski definition) is 6. The summed E-state index contributed by atoms with van der Waals surface area (Å²) in [5.41, 5.74) is -2.64. The molecule has 8 saturated carbocycles. The molecule has 6 heteroatoms. The van der Waals surface area contributed by atoms with Crippen molar-refractivity contribution in [2.75, 3.05) is 0 Å². The minimum atomic E-state index is -0.672. The van der Waals surface area contributed by atoms with E-state index in [9.17, 15) is 19.8 Å². The Morgan fingerprint density at radius 1 is 0.821 bits per heavy atom. The smallest absolute Gasteiger partial charge is 0.309 e. The lowest BCUT2D eigenvalue weighted by Crippen LogP contribution is -2.65. The van der Waals surface area contributed by atoms with Gasteiger partial charge in [0.2, 0.25) is 0 Å². The van der Waals surface area contributed by atoms with E-state index in [2.05, 4.69) is 20.8 Å². The molecule has 0 radical (unpaired) electrons. The summed E-state index contributed by atoms with van der Waals surface area (Å²) in [4.78, 5) is 27.2. The van der Waals surface area contributed by atoms with E-state index in [0.29, 0.717) is 42.9 Å². The molecule has 8 aliphatic carbocycles. The van der Waals surface area contributed by atoms with Crippen LogP contribution in [-0.2, 0) is 19.1 Å². The predicted molar refractivity (Wildman–Crippen MR) is 147 cm³/mol. The van der Waals surface area contributed by atoms with Crippen LogP contribution in [0.5, 0.6) is 0 Å². The molecule has 8 fully saturated rings. The van der Waals surface area contributed by atoms with Gasteiger partial charge in [-0.1, -0.05) is 27.7 Å². The van der Waals surface area contributed by atoms with Gasteiger partial charge in [-0.2, -0.15) is 0 Å². The van der Waals surface area contributed by atoms with Crippen molar-refractivity contribution >= 4 is 11.9 Å². The second-order valence-corrected chi connectivity index (χ2v) is 16.2. The highest BCUT2D eigenvalue weighted by atomic mass is 16.6. The Kier molecular flexibility index (Phi) is 6.59. The van der Waals surface area contributed by atoms with Crippen LogP contribution < -0.4 is 0 Å². The van der Waals surface area contributed by atoms with E-state index in [1.165, 1.54) is 6.42 Å². The molecule has 0 saturated heterocycles. The van der Waals surface area contributed by atoms with E-state index in [0.717, 1.165) is 64.2 Å². The molecule has 6 nitrogen and oxygen atoms in total. The summed E-state index contributed by atoms with van der Waals surface area (Å²) in [7, 11) is 0. The van der Waals surface area contributed by atoms with E-state index in [1.807, 2.05) is 13.8 Å². The fourth-order valence-electron chi connectivity index (χ4n) is 11.4. The molecule has 2 N–H and O–H groups in total. The van der Waals surface area contributed by atoms with E-state index < -0.39 is 28.3 Å². The summed E-state index contributed by atoms with van der Waals surface area (Å²) in [6.45, 7) is 10.3. The average molecular weight is 545 g/mol. The van der Waals surface area contributed by atoms with E-state index >= 15 is 0 Å². The highest BCUT2D eigenvalue weighted by molar-refractivity contribution is 5.76. The number of ether oxygens (including phenoxy) is 2. The SMILES string of the molecule is CCC(CC(C)C(=O)OC12CC3CC(CC(O)(C3)C1)C2)C(=O)OC(C)(C(C)C)C12CC3CC(CC(O)(C3)C1)C2. The first-order valence-corrected chi connectivity index (χ1v) is 16.1. The van der Waals surface area contributed by atoms with Gasteiger partial charge in [0.15, 0.2) is 0 Å². The molecule has 0 spiro atoms. The Balaban J connectivity index is 1.13. The first-order valence-electron chi connectivity index (χ1n) is 16.1. The van der Waals surface area contributed by atoms with Gasteiger partial charge in [0.25, 0.3) is 0 Å². The van der Waals surface area contributed by atoms with Crippen LogP contribution in [0, 0.1) is 46.8 Å². The maximum atomic E-state index is 13.8. The molecule has 8 rings (SSSR count). The Hall–Kier alpha value is -1.14. The zero-order chi connectivity index (χ0) is 28.0. The monoisotopic (exact) mass is 544 g/mol. The quantitative estimate of drug-likeness (QED) is 0.348. The van der Waals surface area contributed by atoms with Crippen molar-refractivity contribution in [1.29, 1.82) is 0 Å². The summed E-state index contributed by atoms with van der Waals surface area (Å²) in [6, 6.07) is 0. The number of rotatable bonds is 9. The van der Waals surface area contributed by atoms with Gasteiger partial charge in [0.1, 0.15) is 11.2 Å². The maximum absolute atomic E-state index is 13.8. The van der Waals surface area contributed by atoms with Crippen molar-refractivity contribution < 1.29 is 29.3 Å². The summed E-state index contributed by atoms with van der Waals surface area (Å²) in [6.07, 6.45) is 11.9. The topological polar surface area (TPSA) is 93.1 Å². The van der Waals surface area contributed by atoms with Gasteiger partial charge in [0.05, 0.1) is 23.0 Å². The Morgan fingerprint density at radius 3 is 1.79 bits per heavy atom. The number of hydrogen-bond donors (Lipinski definition) is 2. The molecule has 7 unspecified atom stereocenters. The number of aliphatic hydroxyl groups is 2. The molecule has 8 bridgehead atoms. The molecule has 8 aliphatic rings. The lowest BCUT2D eigenvalue weighted by molar-refractivity contribution is -0.249. The minimum absolute atomic E-state index is 0.128. The van der Waals surface area contributed by atoms with Crippen LogP contribution in [0.1, 0.15) is 125 Å². The van der Waals surface area contributed by atoms with Gasteiger partial charge in [0, 0.05) is 11.8 Å². The van der Waals surface area contributed by atoms with Crippen molar-refractivity contribution in [3.05, 3.63) is 0 Å². The normalized spacial score (nSPS) is 46.7. The Morgan fingerprint density at radius 2 is 1.33 bits per heavy atom. The first kappa shape index (κ1) is 28.0. The molecular weight excluding hydrogens is 492 g/mol. The fraction of sp³-hybridized carbons (Fsp3) is 0.939. The second kappa shape index (κ2) is 9.18. The fourth-order valence-corrected chi connectivity index (χ4v) is 11.4. The van der Waals surface area contributed by atoms with Gasteiger partial charge in [-0.15, -0.1) is 0 Å². The van der Waals surface area contributed by atoms with Crippen LogP contribution in [0.4, 0.5) is 0 Å². The molecule has 0 aromatic carbocycles. The summed E-state index contributed by atoms with van der Waals surface area (Å²) >= 11 is 0. The zero-order valence-corrected chi connectivity index (χ0v) is 25.0. The third-order valence-electron chi connectivity index (χ3n) is 12.7. The Labute approximate surface area is 235 Å². The highest BCUT2D eigenvalue weighted by Crippen LogP contribution is 2.67. The van der Waals surface area contributed by atoms with Crippen molar-refractivity contribution in [3.63, 3.8) is 0 Å². The van der Waals surface area contributed by atoms with Crippen LogP contribution in [0.15, 0.2) is 0 Å². The summed E-state index contributed by atoms with van der Waals surface area (Å²) in [5.74, 6) is 0.854. The van der Waals surface area contributed by atoms with Crippen molar-refractivity contribution in [2.24, 2.45) is 46.8 Å². The molecule has 0 aromatic heterocycles. The number of carbonyl (C=O) groups is 2. The largest absolute Gasteiger partial charge is 0.459 e. The third kappa shape index (κ3) is 4.68. The van der Waals surface area contributed by atoms with Crippen LogP contribution in [0.3, 0.4) is 0 Å². The first-order chi connectivity index (χ1) is 18.2. The van der Waals surface area contributed by atoms with Gasteiger partial charge < -0.3 is 19.7 Å². The van der Waals surface area contributed by atoms with Crippen molar-refractivity contribution in [3.8, 4) is 0 Å². The van der Waals surface area contributed by atoms with Crippen LogP contribution in [0.25, 0.3) is 0 Å². The van der Waals surface area contributed by atoms with Gasteiger partial charge in [-0.3, -0.25) is 9.59 Å². The van der Waals surface area contributed by atoms with Crippen LogP contribution in [0.2, 0.25) is 0 Å². The number of esters is 2.